The van der Waals surface area contributed by atoms with Crippen LogP contribution in [0.5, 0.6) is 11.5 Å². The van der Waals surface area contributed by atoms with E-state index in [-0.39, 0.29) is 11.1 Å². The lowest BCUT2D eigenvalue weighted by molar-refractivity contribution is -0.122. The third-order valence-corrected chi connectivity index (χ3v) is 4.29. The van der Waals surface area contributed by atoms with Gasteiger partial charge in [-0.25, -0.2) is 0 Å². The number of likely N-dealkylation sites (N-methyl/N-ethyl adjacent to an activating group) is 1. The van der Waals surface area contributed by atoms with Crippen LogP contribution in [0.4, 0.5) is 4.79 Å². The van der Waals surface area contributed by atoms with Crippen LogP contribution in [0.15, 0.2) is 17.0 Å². The monoisotopic (exact) mass is 341 g/mol. The molecule has 0 unspecified atom stereocenters. The van der Waals surface area contributed by atoms with Gasteiger partial charge in [0.05, 0.1) is 23.6 Å². The Bertz CT molecular complexity index is 645. The Labute approximate surface area is 138 Å². The summed E-state index contributed by atoms with van der Waals surface area (Å²) in [6.07, 6.45) is 1.60. The van der Waals surface area contributed by atoms with E-state index in [0.717, 1.165) is 11.8 Å². The van der Waals surface area contributed by atoms with Gasteiger partial charge >= 0.3 is 0 Å². The first kappa shape index (κ1) is 16.7. The fourth-order valence-electron chi connectivity index (χ4n) is 2.00. The molecule has 1 aliphatic rings. The number of nitrogens with zero attached hydrogens (tertiary/aromatic N) is 1. The van der Waals surface area contributed by atoms with Crippen molar-refractivity contribution in [3.05, 3.63) is 27.6 Å². The number of hydrogen-bond donors (Lipinski definition) is 0. The topological polar surface area (TPSA) is 55.8 Å². The zero-order chi connectivity index (χ0) is 16.3. The number of halogens is 1. The van der Waals surface area contributed by atoms with Gasteiger partial charge in [0.2, 0.25) is 0 Å². The molecule has 1 fully saturated rings. The van der Waals surface area contributed by atoms with Crippen molar-refractivity contribution in [2.24, 2.45) is 0 Å². The molecule has 22 heavy (non-hydrogen) atoms. The van der Waals surface area contributed by atoms with Crippen LogP contribution in [0, 0.1) is 0 Å². The Morgan fingerprint density at radius 3 is 2.55 bits per heavy atom. The molecule has 1 aromatic carbocycles. The summed E-state index contributed by atoms with van der Waals surface area (Å²) >= 11 is 7.13. The molecule has 0 aliphatic carbocycles. The Balaban J connectivity index is 2.39. The summed E-state index contributed by atoms with van der Waals surface area (Å²) in [5.41, 5.74) is 0.601. The van der Waals surface area contributed by atoms with Crippen LogP contribution in [0.25, 0.3) is 6.08 Å². The Kier molecular flexibility index (Phi) is 5.37. The predicted molar refractivity (Wildman–Crippen MR) is 87.5 cm³/mol. The summed E-state index contributed by atoms with van der Waals surface area (Å²) in [5, 5.41) is 0.153. The van der Waals surface area contributed by atoms with Crippen molar-refractivity contribution in [2.45, 2.75) is 13.8 Å². The van der Waals surface area contributed by atoms with E-state index in [1.807, 2.05) is 6.92 Å². The number of amides is 2. The predicted octanol–water partition coefficient (Wildman–Crippen LogP) is 3.80. The molecule has 2 rings (SSSR count). The summed E-state index contributed by atoms with van der Waals surface area (Å²) in [6, 6.07) is 3.33. The maximum absolute atomic E-state index is 12.1. The van der Waals surface area contributed by atoms with E-state index in [1.165, 1.54) is 12.0 Å². The molecular weight excluding hydrogens is 326 g/mol. The van der Waals surface area contributed by atoms with Crippen molar-refractivity contribution < 1.29 is 19.1 Å². The van der Waals surface area contributed by atoms with Crippen molar-refractivity contribution >= 4 is 40.6 Å². The molecule has 0 radical (unpaired) electrons. The van der Waals surface area contributed by atoms with Gasteiger partial charge in [0.25, 0.3) is 11.1 Å². The van der Waals surface area contributed by atoms with Gasteiger partial charge in [-0.05, 0) is 43.3 Å². The number of carbonyl (C=O) groups excluding carboxylic acids is 2. The summed E-state index contributed by atoms with van der Waals surface area (Å²) < 4.78 is 10.7. The number of carbonyl (C=O) groups is 2. The van der Waals surface area contributed by atoms with Crippen LogP contribution >= 0.6 is 23.4 Å². The average molecular weight is 342 g/mol. The largest absolute Gasteiger partial charge is 0.493 e. The molecule has 0 aromatic heterocycles. The normalized spacial score (nSPS) is 16.5. The molecule has 1 aliphatic heterocycles. The lowest BCUT2D eigenvalue weighted by atomic mass is 10.1. The van der Waals surface area contributed by atoms with Crippen molar-refractivity contribution in [3.63, 3.8) is 0 Å². The molecule has 1 saturated heterocycles. The maximum Gasteiger partial charge on any atom is 0.293 e. The van der Waals surface area contributed by atoms with Gasteiger partial charge in [-0.15, -0.1) is 0 Å². The zero-order valence-corrected chi connectivity index (χ0v) is 14.1. The van der Waals surface area contributed by atoms with Gasteiger partial charge in [-0.3, -0.25) is 14.5 Å². The lowest BCUT2D eigenvalue weighted by Gasteiger charge is -2.11. The molecule has 0 atom stereocenters. The highest BCUT2D eigenvalue weighted by molar-refractivity contribution is 8.18. The molecule has 0 saturated carbocycles. The van der Waals surface area contributed by atoms with Crippen molar-refractivity contribution in [1.82, 2.24) is 4.90 Å². The van der Waals surface area contributed by atoms with Crippen molar-refractivity contribution in [2.75, 3.05) is 20.3 Å². The molecule has 7 heteroatoms. The highest BCUT2D eigenvalue weighted by Gasteiger charge is 2.33. The molecule has 5 nitrogen and oxygen atoms in total. The number of hydrogen-bond acceptors (Lipinski definition) is 5. The van der Waals surface area contributed by atoms with E-state index >= 15 is 0 Å². The SMILES string of the molecule is CCOc1cc(Cl)c(/C=C2/SC(=O)N(CC)C2=O)cc1OC. The first-order valence-corrected chi connectivity index (χ1v) is 7.96. The van der Waals surface area contributed by atoms with Gasteiger partial charge in [-0.1, -0.05) is 11.6 Å². The highest BCUT2D eigenvalue weighted by Crippen LogP contribution is 2.37. The Hall–Kier alpha value is -1.66. The summed E-state index contributed by atoms with van der Waals surface area (Å²) in [4.78, 5) is 25.4. The van der Waals surface area contributed by atoms with Crippen LogP contribution in [0.2, 0.25) is 5.02 Å². The van der Waals surface area contributed by atoms with E-state index in [2.05, 4.69) is 0 Å². The minimum Gasteiger partial charge on any atom is -0.493 e. The fourth-order valence-corrected chi connectivity index (χ4v) is 3.11. The summed E-state index contributed by atoms with van der Waals surface area (Å²) in [5.74, 6) is 0.752. The number of ether oxygens (including phenoxy) is 2. The standard InChI is InChI=1S/C15H16ClNO4S/c1-4-17-14(18)13(22-15(17)19)7-9-6-11(20-3)12(21-5-2)8-10(9)16/h6-8H,4-5H2,1-3H3/b13-7+. The third-order valence-electron chi connectivity index (χ3n) is 3.06. The van der Waals surface area contributed by atoms with Crippen LogP contribution in [0.3, 0.4) is 0 Å². The first-order chi connectivity index (χ1) is 10.5. The van der Waals surface area contributed by atoms with Crippen LogP contribution in [-0.4, -0.2) is 36.3 Å². The number of benzene rings is 1. The van der Waals surface area contributed by atoms with E-state index in [4.69, 9.17) is 21.1 Å². The zero-order valence-electron chi connectivity index (χ0n) is 12.5. The second-order valence-electron chi connectivity index (χ2n) is 4.38. The minimum absolute atomic E-state index is 0.271. The highest BCUT2D eigenvalue weighted by atomic mass is 35.5. The van der Waals surface area contributed by atoms with Crippen LogP contribution in [0.1, 0.15) is 19.4 Å². The number of imide groups is 1. The molecule has 118 valence electrons. The number of methoxy groups -OCH3 is 1. The van der Waals surface area contributed by atoms with E-state index in [0.29, 0.717) is 40.1 Å². The summed E-state index contributed by atoms with van der Waals surface area (Å²) in [6.45, 7) is 4.46. The molecule has 0 spiro atoms. The second kappa shape index (κ2) is 7.07. The van der Waals surface area contributed by atoms with E-state index in [1.54, 1.807) is 25.1 Å². The summed E-state index contributed by atoms with van der Waals surface area (Å²) in [7, 11) is 1.53. The second-order valence-corrected chi connectivity index (χ2v) is 5.78. The Morgan fingerprint density at radius 2 is 2.00 bits per heavy atom. The van der Waals surface area contributed by atoms with Crippen molar-refractivity contribution in [3.8, 4) is 11.5 Å². The van der Waals surface area contributed by atoms with E-state index in [9.17, 15) is 9.59 Å². The third kappa shape index (κ3) is 3.23. The molecular formula is C15H16ClNO4S. The molecule has 1 heterocycles. The molecule has 1 aromatic rings. The average Bonchev–Trinajstić information content (AvgIpc) is 2.76. The van der Waals surface area contributed by atoms with E-state index < -0.39 is 0 Å². The van der Waals surface area contributed by atoms with Crippen molar-refractivity contribution in [1.29, 1.82) is 0 Å². The van der Waals surface area contributed by atoms with Gasteiger partial charge in [0.15, 0.2) is 11.5 Å². The quantitative estimate of drug-likeness (QED) is 0.762. The molecule has 0 bridgehead atoms. The number of rotatable bonds is 5. The lowest BCUT2D eigenvalue weighted by Crippen LogP contribution is -2.27. The fraction of sp³-hybridized carbons (Fsp3) is 0.333. The van der Waals surface area contributed by atoms with Gasteiger partial charge in [0, 0.05) is 12.6 Å². The smallest absolute Gasteiger partial charge is 0.293 e. The maximum atomic E-state index is 12.1. The first-order valence-electron chi connectivity index (χ1n) is 6.77. The molecule has 2 amide bonds. The van der Waals surface area contributed by atoms with Crippen LogP contribution in [-0.2, 0) is 4.79 Å². The minimum atomic E-state index is -0.304. The number of thioether (sulfide) groups is 1. The van der Waals surface area contributed by atoms with Gasteiger partial charge in [-0.2, -0.15) is 0 Å². The Morgan fingerprint density at radius 1 is 1.27 bits per heavy atom. The molecule has 0 N–H and O–H groups in total. The van der Waals surface area contributed by atoms with Gasteiger partial charge < -0.3 is 9.47 Å². The van der Waals surface area contributed by atoms with Gasteiger partial charge in [0.1, 0.15) is 0 Å². The van der Waals surface area contributed by atoms with Crippen LogP contribution < -0.4 is 9.47 Å².